The first-order valence-electron chi connectivity index (χ1n) is 5.09. The summed E-state index contributed by atoms with van der Waals surface area (Å²) in [5.41, 5.74) is 0.914. The van der Waals surface area contributed by atoms with Gasteiger partial charge in [-0.25, -0.2) is 4.39 Å². The number of carboxylic acid groups (broad SMARTS) is 2. The van der Waals surface area contributed by atoms with Gasteiger partial charge in [-0.3, -0.25) is 9.59 Å². The van der Waals surface area contributed by atoms with E-state index in [-0.39, 0.29) is 12.8 Å². The first-order chi connectivity index (χ1) is 7.90. The number of hydrogen-bond donors (Lipinski definition) is 2. The summed E-state index contributed by atoms with van der Waals surface area (Å²) in [4.78, 5) is 21.3. The van der Waals surface area contributed by atoms with Crippen LogP contribution < -0.4 is 0 Å². The molecule has 0 aliphatic heterocycles. The quantitative estimate of drug-likeness (QED) is 0.827. The van der Waals surface area contributed by atoms with Gasteiger partial charge in [-0.05, 0) is 24.1 Å². The van der Waals surface area contributed by atoms with Crippen molar-refractivity contribution in [2.24, 2.45) is 0 Å². The van der Waals surface area contributed by atoms with Crippen molar-refractivity contribution >= 4 is 11.9 Å². The van der Waals surface area contributed by atoms with Crippen LogP contribution in [0.4, 0.5) is 4.39 Å². The minimum atomic E-state index is -1.07. The fourth-order valence-electron chi connectivity index (χ4n) is 1.65. The van der Waals surface area contributed by atoms with Gasteiger partial charge < -0.3 is 10.2 Å². The number of carboxylic acids is 2. The third-order valence-electron chi connectivity index (χ3n) is 2.50. The van der Waals surface area contributed by atoms with E-state index in [1.54, 1.807) is 6.92 Å². The molecule has 0 fully saturated rings. The number of benzene rings is 1. The summed E-state index contributed by atoms with van der Waals surface area (Å²) in [6.07, 6.45) is -0.561. The number of hydrogen-bond acceptors (Lipinski definition) is 2. The Balaban J connectivity index is 2.98. The second-order valence-electron chi connectivity index (χ2n) is 3.90. The molecule has 0 aliphatic rings. The molecule has 0 amide bonds. The molecule has 1 aromatic carbocycles. The Bertz CT molecular complexity index is 426. The first kappa shape index (κ1) is 13.2. The van der Waals surface area contributed by atoms with Crippen LogP contribution in [0.5, 0.6) is 0 Å². The van der Waals surface area contributed by atoms with E-state index >= 15 is 0 Å². The Morgan fingerprint density at radius 3 is 2.18 bits per heavy atom. The van der Waals surface area contributed by atoms with Crippen LogP contribution in [0.2, 0.25) is 0 Å². The summed E-state index contributed by atoms with van der Waals surface area (Å²) in [6.45, 7) is 1.55. The molecule has 0 heterocycles. The van der Waals surface area contributed by atoms with Crippen molar-refractivity contribution in [3.63, 3.8) is 0 Å². The standard InChI is InChI=1S/C12H13FO4/c1-7-4-8(2-3-10(7)13)9(5-11(14)15)6-12(16)17/h2-4,9H,5-6H2,1H3,(H,14,15)(H,16,17). The van der Waals surface area contributed by atoms with Crippen LogP contribution in [0.25, 0.3) is 0 Å². The predicted molar refractivity (Wildman–Crippen MR) is 58.4 cm³/mol. The third kappa shape index (κ3) is 3.86. The lowest BCUT2D eigenvalue weighted by Crippen LogP contribution is -2.11. The molecule has 1 aromatic rings. The lowest BCUT2D eigenvalue weighted by atomic mass is 9.91. The second kappa shape index (κ2) is 5.43. The van der Waals surface area contributed by atoms with Crippen molar-refractivity contribution in [2.45, 2.75) is 25.7 Å². The largest absolute Gasteiger partial charge is 0.481 e. The van der Waals surface area contributed by atoms with Crippen LogP contribution in [-0.4, -0.2) is 22.2 Å². The molecule has 5 heteroatoms. The van der Waals surface area contributed by atoms with Crippen molar-refractivity contribution in [3.8, 4) is 0 Å². The number of carbonyl (C=O) groups is 2. The topological polar surface area (TPSA) is 74.6 Å². The molecule has 0 unspecified atom stereocenters. The number of aliphatic carboxylic acids is 2. The monoisotopic (exact) mass is 240 g/mol. The lowest BCUT2D eigenvalue weighted by molar-refractivity contribution is -0.139. The smallest absolute Gasteiger partial charge is 0.303 e. The molecule has 17 heavy (non-hydrogen) atoms. The maximum absolute atomic E-state index is 13.1. The van der Waals surface area contributed by atoms with Crippen molar-refractivity contribution in [3.05, 3.63) is 35.1 Å². The van der Waals surface area contributed by atoms with Crippen molar-refractivity contribution in [2.75, 3.05) is 0 Å². The fraction of sp³-hybridized carbons (Fsp3) is 0.333. The van der Waals surface area contributed by atoms with Crippen LogP contribution >= 0.6 is 0 Å². The average molecular weight is 240 g/mol. The van der Waals surface area contributed by atoms with Crippen LogP contribution in [0.15, 0.2) is 18.2 Å². The maximum Gasteiger partial charge on any atom is 0.303 e. The summed E-state index contributed by atoms with van der Waals surface area (Å²) >= 11 is 0. The van der Waals surface area contributed by atoms with E-state index in [0.717, 1.165) is 0 Å². The molecule has 92 valence electrons. The number of halogens is 1. The molecule has 0 bridgehead atoms. The summed E-state index contributed by atoms with van der Waals surface area (Å²) in [6, 6.07) is 4.14. The van der Waals surface area contributed by atoms with Crippen LogP contribution in [-0.2, 0) is 9.59 Å². The Kier molecular flexibility index (Phi) is 4.20. The zero-order valence-corrected chi connectivity index (χ0v) is 9.31. The van der Waals surface area contributed by atoms with Crippen molar-refractivity contribution in [1.82, 2.24) is 0 Å². The van der Waals surface area contributed by atoms with Gasteiger partial charge in [-0.2, -0.15) is 0 Å². The van der Waals surface area contributed by atoms with Gasteiger partial charge in [0, 0.05) is 5.92 Å². The second-order valence-corrected chi connectivity index (χ2v) is 3.90. The Labute approximate surface area is 97.7 Å². The van der Waals surface area contributed by atoms with Gasteiger partial charge in [0.25, 0.3) is 0 Å². The molecular formula is C12H13FO4. The normalized spacial score (nSPS) is 10.5. The molecule has 2 N–H and O–H groups in total. The van der Waals surface area contributed by atoms with E-state index in [1.807, 2.05) is 0 Å². The highest BCUT2D eigenvalue weighted by Gasteiger charge is 2.19. The van der Waals surface area contributed by atoms with Crippen LogP contribution in [0.3, 0.4) is 0 Å². The zero-order valence-electron chi connectivity index (χ0n) is 9.31. The molecule has 0 radical (unpaired) electrons. The fourth-order valence-corrected chi connectivity index (χ4v) is 1.65. The van der Waals surface area contributed by atoms with Crippen LogP contribution in [0, 0.1) is 12.7 Å². The average Bonchev–Trinajstić information content (AvgIpc) is 2.19. The minimum absolute atomic E-state index is 0.280. The van der Waals surface area contributed by atoms with E-state index in [9.17, 15) is 14.0 Å². The summed E-state index contributed by atoms with van der Waals surface area (Å²) < 4.78 is 13.1. The SMILES string of the molecule is Cc1cc(C(CC(=O)O)CC(=O)O)ccc1F. The molecule has 0 aliphatic carbocycles. The van der Waals surface area contributed by atoms with Gasteiger partial charge in [-0.1, -0.05) is 12.1 Å². The number of aryl methyl sites for hydroxylation is 1. The minimum Gasteiger partial charge on any atom is -0.481 e. The van der Waals surface area contributed by atoms with E-state index in [4.69, 9.17) is 10.2 Å². The van der Waals surface area contributed by atoms with Crippen LogP contribution in [0.1, 0.15) is 29.9 Å². The van der Waals surface area contributed by atoms with Gasteiger partial charge in [0.15, 0.2) is 0 Å². The van der Waals surface area contributed by atoms with Crippen molar-refractivity contribution in [1.29, 1.82) is 0 Å². The summed E-state index contributed by atoms with van der Waals surface area (Å²) in [5, 5.41) is 17.4. The highest BCUT2D eigenvalue weighted by Crippen LogP contribution is 2.25. The van der Waals surface area contributed by atoms with E-state index < -0.39 is 23.7 Å². The lowest BCUT2D eigenvalue weighted by Gasteiger charge is -2.13. The number of rotatable bonds is 5. The van der Waals surface area contributed by atoms with Gasteiger partial charge >= 0.3 is 11.9 Å². The van der Waals surface area contributed by atoms with Gasteiger partial charge in [0.2, 0.25) is 0 Å². The summed E-state index contributed by atoms with van der Waals surface area (Å²) in [7, 11) is 0. The van der Waals surface area contributed by atoms with E-state index in [1.165, 1.54) is 18.2 Å². The highest BCUT2D eigenvalue weighted by atomic mass is 19.1. The van der Waals surface area contributed by atoms with Crippen molar-refractivity contribution < 1.29 is 24.2 Å². The Morgan fingerprint density at radius 1 is 1.24 bits per heavy atom. The molecular weight excluding hydrogens is 227 g/mol. The highest BCUT2D eigenvalue weighted by molar-refractivity contribution is 5.72. The Morgan fingerprint density at radius 2 is 1.76 bits per heavy atom. The van der Waals surface area contributed by atoms with Gasteiger partial charge in [-0.15, -0.1) is 0 Å². The van der Waals surface area contributed by atoms with E-state index in [2.05, 4.69) is 0 Å². The summed E-state index contributed by atoms with van der Waals surface area (Å²) in [5.74, 6) is -3.17. The van der Waals surface area contributed by atoms with Gasteiger partial charge in [0.05, 0.1) is 12.8 Å². The molecule has 0 aromatic heterocycles. The molecule has 1 rings (SSSR count). The molecule has 0 saturated carbocycles. The molecule has 0 atom stereocenters. The van der Waals surface area contributed by atoms with Gasteiger partial charge in [0.1, 0.15) is 5.82 Å². The van der Waals surface area contributed by atoms with E-state index in [0.29, 0.717) is 11.1 Å². The maximum atomic E-state index is 13.1. The predicted octanol–water partition coefficient (Wildman–Crippen LogP) is 2.17. The molecule has 0 saturated heterocycles. The first-order valence-corrected chi connectivity index (χ1v) is 5.09. The zero-order chi connectivity index (χ0) is 13.0. The Hall–Kier alpha value is -1.91. The molecule has 4 nitrogen and oxygen atoms in total. The third-order valence-corrected chi connectivity index (χ3v) is 2.50. The molecule has 0 spiro atoms.